The van der Waals surface area contributed by atoms with Gasteiger partial charge in [0.2, 0.25) is 0 Å². The number of fused-ring (bicyclic) bond motifs is 1. The summed E-state index contributed by atoms with van der Waals surface area (Å²) in [6.07, 6.45) is 0. The molecule has 0 bridgehead atoms. The second kappa shape index (κ2) is 3.97. The number of benzene rings is 2. The highest BCUT2D eigenvalue weighted by Gasteiger charge is 2.18. The molecule has 1 radical (unpaired) electrons. The summed E-state index contributed by atoms with van der Waals surface area (Å²) in [4.78, 5) is 10.3. The Bertz CT molecular complexity index is 747. The van der Waals surface area contributed by atoms with Crippen LogP contribution < -0.4 is 0 Å². The lowest BCUT2D eigenvalue weighted by Crippen LogP contribution is -2.03. The predicted octanol–water partition coefficient (Wildman–Crippen LogP) is 1.93. The third-order valence-corrected chi connectivity index (χ3v) is 3.31. The molecule has 2 rings (SSSR count). The van der Waals surface area contributed by atoms with Crippen molar-refractivity contribution in [1.82, 2.24) is 0 Å². The molecule has 2 aromatic rings. The molecule has 6 nitrogen and oxygen atoms in total. The van der Waals surface area contributed by atoms with Crippen molar-refractivity contribution in [2.75, 3.05) is 0 Å². The maximum Gasteiger partial charge on any atom is 0.335 e. The smallest absolute Gasteiger partial charge is 0.335 e. The van der Waals surface area contributed by atoms with Crippen LogP contribution in [0, 0.1) is 0 Å². The van der Waals surface area contributed by atoms with Crippen molar-refractivity contribution in [2.45, 2.75) is 4.90 Å². The van der Waals surface area contributed by atoms with Gasteiger partial charge in [-0.05, 0) is 29.7 Å². The molecule has 0 aliphatic rings. The summed E-state index contributed by atoms with van der Waals surface area (Å²) < 4.78 is 31.4. The largest absolute Gasteiger partial charge is 0.478 e. The SMILES string of the molecule is [O]c1ccc2cc(C(=O)O)cc(S(=O)(=O)O)c2c1. The van der Waals surface area contributed by atoms with E-state index in [0.29, 0.717) is 0 Å². The number of carbonyl (C=O) groups is 1. The molecule has 0 amide bonds. The molecule has 2 aromatic carbocycles. The van der Waals surface area contributed by atoms with E-state index in [-0.39, 0.29) is 16.3 Å². The first-order chi connectivity index (χ1) is 8.29. The minimum absolute atomic E-state index is 0.00463. The lowest BCUT2D eigenvalue weighted by atomic mass is 10.1. The molecule has 0 atom stereocenters. The van der Waals surface area contributed by atoms with Gasteiger partial charge in [0.15, 0.2) is 5.75 Å². The van der Waals surface area contributed by atoms with Crippen molar-refractivity contribution < 1.29 is 28.0 Å². The van der Waals surface area contributed by atoms with Gasteiger partial charge in [0.1, 0.15) is 4.90 Å². The Hall–Kier alpha value is -2.12. The van der Waals surface area contributed by atoms with E-state index >= 15 is 0 Å². The van der Waals surface area contributed by atoms with E-state index in [9.17, 15) is 18.3 Å². The maximum absolute atomic E-state index is 11.2. The Kier molecular flexibility index (Phi) is 2.72. The molecule has 0 saturated heterocycles. The maximum atomic E-state index is 11.2. The van der Waals surface area contributed by atoms with E-state index in [1.807, 2.05) is 0 Å². The topological polar surface area (TPSA) is 112 Å². The normalized spacial score (nSPS) is 11.6. The van der Waals surface area contributed by atoms with Gasteiger partial charge >= 0.3 is 5.97 Å². The van der Waals surface area contributed by atoms with Crippen LogP contribution in [0.2, 0.25) is 0 Å². The monoisotopic (exact) mass is 267 g/mol. The van der Waals surface area contributed by atoms with Gasteiger partial charge in [0.25, 0.3) is 10.1 Å². The van der Waals surface area contributed by atoms with Crippen molar-refractivity contribution in [3.8, 4) is 5.75 Å². The summed E-state index contributed by atoms with van der Waals surface area (Å²) >= 11 is 0. The van der Waals surface area contributed by atoms with E-state index in [0.717, 1.165) is 12.1 Å². The molecule has 2 N–H and O–H groups in total. The third-order valence-electron chi connectivity index (χ3n) is 2.41. The Morgan fingerprint density at radius 1 is 1.11 bits per heavy atom. The lowest BCUT2D eigenvalue weighted by Gasteiger charge is -2.06. The zero-order valence-electron chi connectivity index (χ0n) is 8.82. The van der Waals surface area contributed by atoms with Gasteiger partial charge in [0.05, 0.1) is 5.56 Å². The van der Waals surface area contributed by atoms with Gasteiger partial charge in [-0.15, -0.1) is 0 Å². The van der Waals surface area contributed by atoms with Gasteiger partial charge < -0.3 is 5.11 Å². The minimum atomic E-state index is -4.60. The molecule has 0 aliphatic heterocycles. The van der Waals surface area contributed by atoms with Crippen molar-refractivity contribution in [3.05, 3.63) is 35.9 Å². The molecule has 7 heteroatoms. The Morgan fingerprint density at radius 3 is 2.33 bits per heavy atom. The third kappa shape index (κ3) is 2.13. The van der Waals surface area contributed by atoms with Gasteiger partial charge in [-0.2, -0.15) is 8.42 Å². The van der Waals surface area contributed by atoms with Crippen LogP contribution in [-0.2, 0) is 15.2 Å². The summed E-state index contributed by atoms with van der Waals surface area (Å²) in [5.41, 5.74) is -0.284. The highest BCUT2D eigenvalue weighted by atomic mass is 32.2. The van der Waals surface area contributed by atoms with Crippen molar-refractivity contribution in [3.63, 3.8) is 0 Å². The first-order valence-electron chi connectivity index (χ1n) is 4.74. The molecular formula is C11H7O6S. The second-order valence-electron chi connectivity index (χ2n) is 3.64. The van der Waals surface area contributed by atoms with E-state index < -0.39 is 26.7 Å². The van der Waals surface area contributed by atoms with Crippen LogP contribution >= 0.6 is 0 Å². The average molecular weight is 267 g/mol. The first-order valence-corrected chi connectivity index (χ1v) is 6.18. The van der Waals surface area contributed by atoms with E-state index in [2.05, 4.69) is 0 Å². The Labute approximate surface area is 102 Å². The fraction of sp³-hybridized carbons (Fsp3) is 0. The van der Waals surface area contributed by atoms with E-state index in [1.54, 1.807) is 0 Å². The molecule has 0 saturated carbocycles. The molecule has 0 unspecified atom stereocenters. The first kappa shape index (κ1) is 12.3. The van der Waals surface area contributed by atoms with Crippen LogP contribution in [0.1, 0.15) is 10.4 Å². The number of aromatic carboxylic acids is 1. The molecule has 0 aliphatic carbocycles. The zero-order chi connectivity index (χ0) is 13.5. The summed E-state index contributed by atoms with van der Waals surface area (Å²) in [6.45, 7) is 0. The molecule has 0 heterocycles. The molecular weight excluding hydrogens is 260 g/mol. The van der Waals surface area contributed by atoms with Crippen LogP contribution in [0.4, 0.5) is 0 Å². The summed E-state index contributed by atoms with van der Waals surface area (Å²) in [5.74, 6) is -1.76. The highest BCUT2D eigenvalue weighted by Crippen LogP contribution is 2.28. The van der Waals surface area contributed by atoms with Gasteiger partial charge in [-0.1, -0.05) is 6.07 Å². The molecule has 18 heavy (non-hydrogen) atoms. The van der Waals surface area contributed by atoms with Gasteiger partial charge in [-0.3, -0.25) is 9.66 Å². The summed E-state index contributed by atoms with van der Waals surface area (Å²) in [5, 5.41) is 20.3. The van der Waals surface area contributed by atoms with Crippen molar-refractivity contribution in [2.24, 2.45) is 0 Å². The van der Waals surface area contributed by atoms with Crippen LogP contribution in [0.25, 0.3) is 10.8 Å². The van der Waals surface area contributed by atoms with Crippen LogP contribution in [0.5, 0.6) is 5.75 Å². The van der Waals surface area contributed by atoms with E-state index in [4.69, 9.17) is 9.66 Å². The second-order valence-corrected chi connectivity index (χ2v) is 5.03. The number of hydrogen-bond donors (Lipinski definition) is 2. The summed E-state index contributed by atoms with van der Waals surface area (Å²) in [7, 11) is -4.60. The van der Waals surface area contributed by atoms with Gasteiger partial charge in [0, 0.05) is 5.39 Å². The molecule has 0 fully saturated rings. The fourth-order valence-electron chi connectivity index (χ4n) is 1.64. The number of rotatable bonds is 2. The fourth-order valence-corrected chi connectivity index (χ4v) is 2.37. The Balaban J connectivity index is 2.95. The van der Waals surface area contributed by atoms with E-state index in [1.165, 1.54) is 18.2 Å². The highest BCUT2D eigenvalue weighted by molar-refractivity contribution is 7.86. The Morgan fingerprint density at radius 2 is 1.78 bits per heavy atom. The standard InChI is InChI=1S/C11H7O6S/c12-8-2-1-6-3-7(11(13)14)4-10(9(6)5-8)18(15,16)17/h1-5H,(H,13,14)(H,15,16,17). The lowest BCUT2D eigenvalue weighted by molar-refractivity contribution is 0.0697. The van der Waals surface area contributed by atoms with Gasteiger partial charge in [-0.25, -0.2) is 4.79 Å². The van der Waals surface area contributed by atoms with Crippen molar-refractivity contribution in [1.29, 1.82) is 0 Å². The average Bonchev–Trinajstić information content (AvgIpc) is 2.26. The van der Waals surface area contributed by atoms with Crippen LogP contribution in [0.3, 0.4) is 0 Å². The molecule has 0 spiro atoms. The predicted molar refractivity (Wildman–Crippen MR) is 60.9 cm³/mol. The summed E-state index contributed by atoms with van der Waals surface area (Å²) in [6, 6.07) is 5.57. The minimum Gasteiger partial charge on any atom is -0.478 e. The molecule has 0 aromatic heterocycles. The number of carboxylic acids is 1. The number of carboxylic acid groups (broad SMARTS) is 1. The van der Waals surface area contributed by atoms with Crippen molar-refractivity contribution >= 4 is 26.9 Å². The van der Waals surface area contributed by atoms with Crippen LogP contribution in [-0.4, -0.2) is 24.0 Å². The molecule has 93 valence electrons. The zero-order valence-corrected chi connectivity index (χ0v) is 9.64. The number of hydrogen-bond acceptors (Lipinski definition) is 3. The van der Waals surface area contributed by atoms with Crippen LogP contribution in [0.15, 0.2) is 35.2 Å². The quantitative estimate of drug-likeness (QED) is 0.807.